The first-order valence-electron chi connectivity index (χ1n) is 5.67. The Morgan fingerprint density at radius 2 is 1.88 bits per heavy atom. The van der Waals surface area contributed by atoms with Crippen LogP contribution in [0.5, 0.6) is 0 Å². The predicted octanol–water partition coefficient (Wildman–Crippen LogP) is 1.87. The lowest BCUT2D eigenvalue weighted by Crippen LogP contribution is -2.30. The monoisotopic (exact) mass is 233 g/mol. The molecule has 1 aliphatic carbocycles. The highest BCUT2D eigenvalue weighted by molar-refractivity contribution is 6.04. The molecule has 0 heterocycles. The number of carbonyl (C=O) groups is 2. The number of benzene rings is 1. The van der Waals surface area contributed by atoms with E-state index in [9.17, 15) is 9.59 Å². The van der Waals surface area contributed by atoms with Gasteiger partial charge in [-0.1, -0.05) is 12.1 Å². The molecule has 1 aromatic rings. The van der Waals surface area contributed by atoms with Crippen molar-refractivity contribution in [2.75, 3.05) is 13.6 Å². The van der Waals surface area contributed by atoms with Crippen LogP contribution in [0, 0.1) is 5.92 Å². The average molecular weight is 233 g/mol. The Morgan fingerprint density at radius 1 is 1.29 bits per heavy atom. The van der Waals surface area contributed by atoms with Crippen molar-refractivity contribution in [3.63, 3.8) is 0 Å². The third kappa shape index (κ3) is 2.64. The van der Waals surface area contributed by atoms with E-state index in [-0.39, 0.29) is 17.0 Å². The molecule has 0 spiro atoms. The second-order valence-electron chi connectivity index (χ2n) is 4.48. The number of carbonyl (C=O) groups excluding carboxylic acids is 1. The number of amides is 1. The summed E-state index contributed by atoms with van der Waals surface area (Å²) < 4.78 is 0. The Labute approximate surface area is 99.9 Å². The molecule has 90 valence electrons. The fourth-order valence-electron chi connectivity index (χ4n) is 1.83. The first-order chi connectivity index (χ1) is 8.09. The SMILES string of the molecule is CN(CC1CC1)C(=O)c1ccccc1C(=O)O. The van der Waals surface area contributed by atoms with Crippen molar-refractivity contribution < 1.29 is 14.7 Å². The molecule has 1 N–H and O–H groups in total. The molecule has 2 rings (SSSR count). The van der Waals surface area contributed by atoms with E-state index in [1.807, 2.05) is 0 Å². The first-order valence-corrected chi connectivity index (χ1v) is 5.67. The van der Waals surface area contributed by atoms with Crippen LogP contribution in [-0.4, -0.2) is 35.5 Å². The Bertz CT molecular complexity index is 452. The second kappa shape index (κ2) is 4.57. The van der Waals surface area contributed by atoms with E-state index in [0.29, 0.717) is 12.5 Å². The van der Waals surface area contributed by atoms with Crippen LogP contribution in [-0.2, 0) is 0 Å². The minimum Gasteiger partial charge on any atom is -0.478 e. The molecule has 1 fully saturated rings. The third-order valence-electron chi connectivity index (χ3n) is 2.96. The highest BCUT2D eigenvalue weighted by atomic mass is 16.4. The Hall–Kier alpha value is -1.84. The molecule has 0 unspecified atom stereocenters. The van der Waals surface area contributed by atoms with Gasteiger partial charge in [0.25, 0.3) is 5.91 Å². The largest absolute Gasteiger partial charge is 0.478 e. The van der Waals surface area contributed by atoms with Crippen molar-refractivity contribution in [3.05, 3.63) is 35.4 Å². The number of hydrogen-bond acceptors (Lipinski definition) is 2. The molecule has 17 heavy (non-hydrogen) atoms. The van der Waals surface area contributed by atoms with Gasteiger partial charge in [-0.15, -0.1) is 0 Å². The standard InChI is InChI=1S/C13H15NO3/c1-14(8-9-6-7-9)12(15)10-4-2-3-5-11(10)13(16)17/h2-5,9H,6-8H2,1H3,(H,16,17). The molecule has 0 radical (unpaired) electrons. The normalized spacial score (nSPS) is 14.4. The van der Waals surface area contributed by atoms with E-state index in [1.165, 1.54) is 6.07 Å². The molecular formula is C13H15NO3. The minimum absolute atomic E-state index is 0.0696. The smallest absolute Gasteiger partial charge is 0.336 e. The Balaban J connectivity index is 2.19. The van der Waals surface area contributed by atoms with Crippen LogP contribution >= 0.6 is 0 Å². The maximum absolute atomic E-state index is 12.1. The van der Waals surface area contributed by atoms with Gasteiger partial charge in [0.15, 0.2) is 0 Å². The van der Waals surface area contributed by atoms with E-state index >= 15 is 0 Å². The Morgan fingerprint density at radius 3 is 2.41 bits per heavy atom. The summed E-state index contributed by atoms with van der Waals surface area (Å²) in [5.74, 6) is -0.676. The zero-order valence-corrected chi connectivity index (χ0v) is 9.72. The van der Waals surface area contributed by atoms with Gasteiger partial charge >= 0.3 is 5.97 Å². The van der Waals surface area contributed by atoms with Gasteiger partial charge in [0, 0.05) is 13.6 Å². The van der Waals surface area contributed by atoms with Crippen LogP contribution in [0.25, 0.3) is 0 Å². The quantitative estimate of drug-likeness (QED) is 0.863. The minimum atomic E-state index is -1.06. The molecule has 1 saturated carbocycles. The summed E-state index contributed by atoms with van der Waals surface area (Å²) in [6, 6.07) is 6.33. The van der Waals surface area contributed by atoms with Gasteiger partial charge in [0.2, 0.25) is 0 Å². The lowest BCUT2D eigenvalue weighted by atomic mass is 10.1. The summed E-state index contributed by atoms with van der Waals surface area (Å²) in [5.41, 5.74) is 0.336. The molecule has 1 aromatic carbocycles. The summed E-state index contributed by atoms with van der Waals surface area (Å²) in [7, 11) is 1.72. The van der Waals surface area contributed by atoms with Gasteiger partial charge in [0.05, 0.1) is 11.1 Å². The lowest BCUT2D eigenvalue weighted by Gasteiger charge is -2.17. The topological polar surface area (TPSA) is 57.6 Å². The summed E-state index contributed by atoms with van der Waals surface area (Å²) >= 11 is 0. The molecule has 0 saturated heterocycles. The van der Waals surface area contributed by atoms with E-state index in [2.05, 4.69) is 0 Å². The molecule has 4 nitrogen and oxygen atoms in total. The van der Waals surface area contributed by atoms with Crippen molar-refractivity contribution in [2.24, 2.45) is 5.92 Å². The summed E-state index contributed by atoms with van der Waals surface area (Å²) in [5, 5.41) is 9.02. The van der Waals surface area contributed by atoms with E-state index in [1.54, 1.807) is 30.1 Å². The van der Waals surface area contributed by atoms with Gasteiger partial charge in [-0.2, -0.15) is 0 Å². The lowest BCUT2D eigenvalue weighted by molar-refractivity contribution is 0.0681. The summed E-state index contributed by atoms with van der Waals surface area (Å²) in [6.45, 7) is 0.715. The Kier molecular flexibility index (Phi) is 3.13. The fourth-order valence-corrected chi connectivity index (χ4v) is 1.83. The number of hydrogen-bond donors (Lipinski definition) is 1. The second-order valence-corrected chi connectivity index (χ2v) is 4.48. The maximum Gasteiger partial charge on any atom is 0.336 e. The van der Waals surface area contributed by atoms with Gasteiger partial charge in [0.1, 0.15) is 0 Å². The third-order valence-corrected chi connectivity index (χ3v) is 2.96. The number of rotatable bonds is 4. The number of carboxylic acids is 1. The summed E-state index contributed by atoms with van der Waals surface area (Å²) in [6.07, 6.45) is 2.33. The van der Waals surface area contributed by atoms with Gasteiger partial charge in [-0.25, -0.2) is 4.79 Å². The fraction of sp³-hybridized carbons (Fsp3) is 0.385. The predicted molar refractivity (Wildman–Crippen MR) is 63.1 cm³/mol. The maximum atomic E-state index is 12.1. The van der Waals surface area contributed by atoms with Crippen molar-refractivity contribution in [1.29, 1.82) is 0 Å². The van der Waals surface area contributed by atoms with Crippen molar-refractivity contribution in [3.8, 4) is 0 Å². The number of aromatic carboxylic acids is 1. The molecule has 1 aliphatic rings. The molecule has 4 heteroatoms. The van der Waals surface area contributed by atoms with Gasteiger partial charge < -0.3 is 10.0 Å². The van der Waals surface area contributed by atoms with Gasteiger partial charge in [-0.05, 0) is 30.9 Å². The molecule has 0 aromatic heterocycles. The highest BCUT2D eigenvalue weighted by Gasteiger charge is 2.26. The van der Waals surface area contributed by atoms with Crippen molar-refractivity contribution >= 4 is 11.9 Å². The molecule has 0 aliphatic heterocycles. The van der Waals surface area contributed by atoms with Crippen molar-refractivity contribution in [1.82, 2.24) is 4.90 Å². The number of carboxylic acid groups (broad SMARTS) is 1. The van der Waals surface area contributed by atoms with E-state index in [4.69, 9.17) is 5.11 Å². The summed E-state index contributed by atoms with van der Waals surface area (Å²) in [4.78, 5) is 24.7. The zero-order chi connectivity index (χ0) is 12.4. The van der Waals surface area contributed by atoms with E-state index in [0.717, 1.165) is 12.8 Å². The highest BCUT2D eigenvalue weighted by Crippen LogP contribution is 2.29. The van der Waals surface area contributed by atoms with Crippen molar-refractivity contribution in [2.45, 2.75) is 12.8 Å². The van der Waals surface area contributed by atoms with Crippen LogP contribution in [0.1, 0.15) is 33.6 Å². The van der Waals surface area contributed by atoms with Crippen LogP contribution in [0.2, 0.25) is 0 Å². The molecular weight excluding hydrogens is 218 g/mol. The van der Waals surface area contributed by atoms with Gasteiger partial charge in [-0.3, -0.25) is 4.79 Å². The molecule has 0 bridgehead atoms. The molecule has 0 atom stereocenters. The van der Waals surface area contributed by atoms with E-state index < -0.39 is 5.97 Å². The van der Waals surface area contributed by atoms with Crippen LogP contribution in [0.4, 0.5) is 0 Å². The van der Waals surface area contributed by atoms with Crippen LogP contribution in [0.15, 0.2) is 24.3 Å². The molecule has 1 amide bonds. The van der Waals surface area contributed by atoms with Crippen LogP contribution in [0.3, 0.4) is 0 Å². The first kappa shape index (κ1) is 11.6. The average Bonchev–Trinajstić information content (AvgIpc) is 3.11. The number of nitrogens with zero attached hydrogens (tertiary/aromatic N) is 1. The zero-order valence-electron chi connectivity index (χ0n) is 9.72. The van der Waals surface area contributed by atoms with Crippen LogP contribution < -0.4 is 0 Å².